The largest absolute Gasteiger partial charge is 0.444 e. The molecule has 0 aromatic carbocycles. The van der Waals surface area contributed by atoms with Crippen molar-refractivity contribution in [3.05, 3.63) is 42.1 Å². The first kappa shape index (κ1) is 14.6. The van der Waals surface area contributed by atoms with E-state index in [1.54, 1.807) is 34.9 Å². The maximum absolute atomic E-state index is 5.81. The van der Waals surface area contributed by atoms with Gasteiger partial charge in [-0.1, -0.05) is 6.07 Å². The second-order valence-electron chi connectivity index (χ2n) is 5.47. The van der Waals surface area contributed by atoms with Crippen LogP contribution in [0, 0.1) is 0 Å². The van der Waals surface area contributed by atoms with E-state index in [1.807, 2.05) is 17.5 Å². The zero-order valence-corrected chi connectivity index (χ0v) is 13.4. The maximum atomic E-state index is 5.81. The van der Waals surface area contributed by atoms with Crippen molar-refractivity contribution in [2.45, 2.75) is 19.2 Å². The highest BCUT2D eigenvalue weighted by atomic mass is 32.1. The Labute approximate surface area is 137 Å². The molecule has 7 nitrogen and oxygen atoms in total. The highest BCUT2D eigenvalue weighted by Crippen LogP contribution is 2.24. The lowest BCUT2D eigenvalue weighted by Gasteiger charge is -2.32. The molecule has 4 heterocycles. The Hall–Kier alpha value is -2.03. The fourth-order valence-electron chi connectivity index (χ4n) is 2.69. The van der Waals surface area contributed by atoms with Crippen LogP contribution in [0.4, 0.5) is 0 Å². The summed E-state index contributed by atoms with van der Waals surface area (Å²) in [5, 5.41) is 6.16. The number of hydrogen-bond acceptors (Lipinski definition) is 7. The Morgan fingerprint density at radius 2 is 2.39 bits per heavy atom. The normalized spacial score (nSPS) is 19.2. The monoisotopic (exact) mass is 331 g/mol. The van der Waals surface area contributed by atoms with E-state index in [-0.39, 0.29) is 6.10 Å². The van der Waals surface area contributed by atoms with Gasteiger partial charge >= 0.3 is 0 Å². The first-order chi connectivity index (χ1) is 11.4. The molecule has 0 amide bonds. The molecular formula is C15H17N5O2S. The summed E-state index contributed by atoms with van der Waals surface area (Å²) in [5.41, 5.74) is 0.954. The summed E-state index contributed by atoms with van der Waals surface area (Å²) in [4.78, 5) is 11.9. The molecule has 0 spiro atoms. The molecule has 4 rings (SSSR count). The minimum absolute atomic E-state index is 0.120. The van der Waals surface area contributed by atoms with Gasteiger partial charge in [0.2, 0.25) is 5.89 Å². The van der Waals surface area contributed by atoms with E-state index in [0.717, 1.165) is 43.4 Å². The molecule has 1 aliphatic heterocycles. The first-order valence-corrected chi connectivity index (χ1v) is 8.39. The van der Waals surface area contributed by atoms with Crippen LogP contribution in [-0.4, -0.2) is 50.4 Å². The lowest BCUT2D eigenvalue weighted by molar-refractivity contribution is -0.0406. The third kappa shape index (κ3) is 3.49. The Kier molecular flexibility index (Phi) is 4.18. The Morgan fingerprint density at radius 1 is 1.39 bits per heavy atom. The number of rotatable bonds is 5. The molecule has 3 aromatic rings. The van der Waals surface area contributed by atoms with E-state index in [4.69, 9.17) is 9.15 Å². The van der Waals surface area contributed by atoms with Crippen LogP contribution in [0.2, 0.25) is 0 Å². The first-order valence-electron chi connectivity index (χ1n) is 7.51. The van der Waals surface area contributed by atoms with E-state index in [0.29, 0.717) is 5.89 Å². The third-order valence-corrected chi connectivity index (χ3v) is 4.61. The van der Waals surface area contributed by atoms with Gasteiger partial charge in [-0.25, -0.2) is 9.97 Å². The van der Waals surface area contributed by atoms with Gasteiger partial charge in [-0.2, -0.15) is 5.10 Å². The molecule has 1 aliphatic rings. The topological polar surface area (TPSA) is 69.2 Å². The summed E-state index contributed by atoms with van der Waals surface area (Å²) in [6, 6.07) is 4.02. The Balaban J connectivity index is 1.37. The molecular weight excluding hydrogens is 314 g/mol. The molecule has 1 fully saturated rings. The predicted octanol–water partition coefficient (Wildman–Crippen LogP) is 1.90. The van der Waals surface area contributed by atoms with Gasteiger partial charge < -0.3 is 9.15 Å². The smallest absolute Gasteiger partial charge is 0.236 e. The number of hydrogen-bond donors (Lipinski definition) is 0. The number of oxazole rings is 1. The van der Waals surface area contributed by atoms with Crippen LogP contribution in [0.5, 0.6) is 0 Å². The summed E-state index contributed by atoms with van der Waals surface area (Å²) >= 11 is 1.63. The quantitative estimate of drug-likeness (QED) is 0.711. The van der Waals surface area contributed by atoms with Crippen LogP contribution in [0.1, 0.15) is 5.69 Å². The van der Waals surface area contributed by atoms with Crippen LogP contribution in [0.15, 0.2) is 40.8 Å². The Bertz CT molecular complexity index is 725. The van der Waals surface area contributed by atoms with E-state index >= 15 is 0 Å². The molecule has 1 saturated heterocycles. The molecule has 0 aliphatic carbocycles. The van der Waals surface area contributed by atoms with Crippen LogP contribution >= 0.6 is 11.3 Å². The summed E-state index contributed by atoms with van der Waals surface area (Å²) in [6.07, 6.45) is 5.13. The van der Waals surface area contributed by atoms with Crippen LogP contribution in [0.3, 0.4) is 0 Å². The van der Waals surface area contributed by atoms with Gasteiger partial charge in [-0.15, -0.1) is 11.3 Å². The van der Waals surface area contributed by atoms with Crippen LogP contribution < -0.4 is 0 Å². The predicted molar refractivity (Wildman–Crippen MR) is 84.9 cm³/mol. The summed E-state index contributed by atoms with van der Waals surface area (Å²) < 4.78 is 13.2. The molecule has 0 saturated carbocycles. The molecule has 0 N–H and O–H groups in total. The van der Waals surface area contributed by atoms with Crippen molar-refractivity contribution in [1.29, 1.82) is 0 Å². The SMILES string of the molecule is c1csc(-c2nc(CN3CCO[C@H](Cn4cncn4)C3)co2)c1. The lowest BCUT2D eigenvalue weighted by Crippen LogP contribution is -2.43. The van der Waals surface area contributed by atoms with Gasteiger partial charge in [0.1, 0.15) is 18.9 Å². The van der Waals surface area contributed by atoms with Crippen LogP contribution in [0.25, 0.3) is 10.8 Å². The number of ether oxygens (including phenoxy) is 1. The zero-order chi connectivity index (χ0) is 15.5. The molecule has 23 heavy (non-hydrogen) atoms. The fourth-order valence-corrected chi connectivity index (χ4v) is 3.35. The van der Waals surface area contributed by atoms with Crippen molar-refractivity contribution >= 4 is 11.3 Å². The number of morpholine rings is 1. The summed E-state index contributed by atoms with van der Waals surface area (Å²) in [7, 11) is 0. The lowest BCUT2D eigenvalue weighted by atomic mass is 10.2. The minimum atomic E-state index is 0.120. The number of thiophene rings is 1. The van der Waals surface area contributed by atoms with Crippen molar-refractivity contribution in [2.24, 2.45) is 0 Å². The van der Waals surface area contributed by atoms with Gasteiger partial charge in [0.15, 0.2) is 0 Å². The Morgan fingerprint density at radius 3 is 3.22 bits per heavy atom. The molecule has 1 atom stereocenters. The van der Waals surface area contributed by atoms with Crippen molar-refractivity contribution in [1.82, 2.24) is 24.6 Å². The van der Waals surface area contributed by atoms with Crippen LogP contribution in [-0.2, 0) is 17.8 Å². The van der Waals surface area contributed by atoms with Gasteiger partial charge in [0, 0.05) is 19.6 Å². The number of nitrogens with zero attached hydrogens (tertiary/aromatic N) is 5. The molecule has 0 bridgehead atoms. The maximum Gasteiger partial charge on any atom is 0.236 e. The van der Waals surface area contributed by atoms with Gasteiger partial charge in [0.25, 0.3) is 0 Å². The van der Waals surface area contributed by atoms with Crippen molar-refractivity contribution in [3.63, 3.8) is 0 Å². The second-order valence-corrected chi connectivity index (χ2v) is 6.41. The molecule has 3 aromatic heterocycles. The van der Waals surface area contributed by atoms with Gasteiger partial charge in [0.05, 0.1) is 29.8 Å². The van der Waals surface area contributed by atoms with Crippen molar-refractivity contribution in [3.8, 4) is 10.8 Å². The minimum Gasteiger partial charge on any atom is -0.444 e. The average Bonchev–Trinajstić information content (AvgIpc) is 3.30. The van der Waals surface area contributed by atoms with Gasteiger partial charge in [-0.3, -0.25) is 9.58 Å². The van der Waals surface area contributed by atoms with Crippen molar-refractivity contribution < 1.29 is 9.15 Å². The molecule has 120 valence electrons. The zero-order valence-electron chi connectivity index (χ0n) is 12.5. The second kappa shape index (κ2) is 6.61. The van der Waals surface area contributed by atoms with E-state index < -0.39 is 0 Å². The van der Waals surface area contributed by atoms with E-state index in [9.17, 15) is 0 Å². The fraction of sp³-hybridized carbons (Fsp3) is 0.400. The third-order valence-electron chi connectivity index (χ3n) is 3.75. The van der Waals surface area contributed by atoms with Crippen molar-refractivity contribution in [2.75, 3.05) is 19.7 Å². The highest BCUT2D eigenvalue weighted by Gasteiger charge is 2.22. The average molecular weight is 331 g/mol. The van der Waals surface area contributed by atoms with E-state index in [2.05, 4.69) is 20.0 Å². The molecule has 8 heteroatoms. The molecule has 0 unspecified atom stereocenters. The summed E-state index contributed by atoms with van der Waals surface area (Å²) in [5.74, 6) is 0.697. The standard InChI is InChI=1S/C15H17N5O2S/c1-2-14(23-5-1)15-18-12(9-22-15)6-19-3-4-21-13(7-19)8-20-11-16-10-17-20/h1-2,5,9-11,13H,3-4,6-8H2/t13-/m0/s1. The van der Waals surface area contributed by atoms with E-state index in [1.165, 1.54) is 0 Å². The highest BCUT2D eigenvalue weighted by molar-refractivity contribution is 7.13. The number of aromatic nitrogens is 4. The van der Waals surface area contributed by atoms with Gasteiger partial charge in [-0.05, 0) is 11.4 Å². The molecule has 0 radical (unpaired) electrons. The summed E-state index contributed by atoms with van der Waals surface area (Å²) in [6.45, 7) is 3.95.